The Bertz CT molecular complexity index is 547. The number of rotatable bonds is 7. The number of aliphatic carboxylic acids is 1. The number of aliphatic hydroxyl groups excluding tert-OH is 1. The standard InChI is InChI=1S/C16H22N2O4/c1-17-13(10-14(19)16(17)22)12-6-5-9-18(11-12)8-4-2-3-7-15(20)21/h5-6,9,11,13-14,19H,2-4,7-8,10H2,1H3/p+1/t13-,14+/m0/s1. The summed E-state index contributed by atoms with van der Waals surface area (Å²) in [6.07, 6.45) is 6.21. The first kappa shape index (κ1) is 16.4. The number of pyridine rings is 1. The highest BCUT2D eigenvalue weighted by Crippen LogP contribution is 2.30. The normalized spacial score (nSPS) is 21.4. The zero-order chi connectivity index (χ0) is 16.1. The summed E-state index contributed by atoms with van der Waals surface area (Å²) in [4.78, 5) is 23.7. The van der Waals surface area contributed by atoms with E-state index in [-0.39, 0.29) is 18.4 Å². The van der Waals surface area contributed by atoms with Crippen molar-refractivity contribution < 1.29 is 24.4 Å². The predicted molar refractivity (Wildman–Crippen MR) is 78.9 cm³/mol. The molecule has 0 aliphatic carbocycles. The molecule has 1 aromatic rings. The molecular formula is C16H23N2O4+. The molecule has 1 aromatic heterocycles. The molecule has 0 radical (unpaired) electrons. The highest BCUT2D eigenvalue weighted by atomic mass is 16.4. The quantitative estimate of drug-likeness (QED) is 0.579. The van der Waals surface area contributed by atoms with Crippen LogP contribution in [0, 0.1) is 0 Å². The lowest BCUT2D eigenvalue weighted by Crippen LogP contribution is -2.34. The van der Waals surface area contributed by atoms with Crippen LogP contribution in [0.15, 0.2) is 24.5 Å². The maximum Gasteiger partial charge on any atom is 0.303 e. The first-order valence-corrected chi connectivity index (χ1v) is 7.64. The minimum Gasteiger partial charge on any atom is -0.481 e. The molecule has 0 spiro atoms. The van der Waals surface area contributed by atoms with Crippen LogP contribution >= 0.6 is 0 Å². The van der Waals surface area contributed by atoms with Gasteiger partial charge in [-0.15, -0.1) is 0 Å². The Hall–Kier alpha value is -1.95. The number of aryl methyl sites for hydroxylation is 1. The molecule has 0 aromatic carbocycles. The smallest absolute Gasteiger partial charge is 0.303 e. The molecule has 2 N–H and O–H groups in total. The van der Waals surface area contributed by atoms with Gasteiger partial charge in [0.1, 0.15) is 12.6 Å². The monoisotopic (exact) mass is 307 g/mol. The maximum atomic E-state index is 11.7. The van der Waals surface area contributed by atoms with Crippen LogP contribution < -0.4 is 4.57 Å². The largest absolute Gasteiger partial charge is 0.481 e. The van der Waals surface area contributed by atoms with Gasteiger partial charge in [-0.2, -0.15) is 0 Å². The second-order valence-corrected chi connectivity index (χ2v) is 5.80. The van der Waals surface area contributed by atoms with E-state index in [1.54, 1.807) is 11.9 Å². The van der Waals surface area contributed by atoms with Crippen LogP contribution in [-0.2, 0) is 16.1 Å². The Morgan fingerprint density at radius 1 is 1.41 bits per heavy atom. The molecule has 1 aliphatic heterocycles. The third kappa shape index (κ3) is 4.04. The van der Waals surface area contributed by atoms with E-state index in [0.29, 0.717) is 12.8 Å². The Kier molecular flexibility index (Phi) is 5.49. The third-order valence-electron chi connectivity index (χ3n) is 4.12. The number of carbonyl (C=O) groups is 2. The minimum absolute atomic E-state index is 0.0815. The molecule has 120 valence electrons. The maximum absolute atomic E-state index is 11.7. The van der Waals surface area contributed by atoms with E-state index in [9.17, 15) is 14.7 Å². The number of aliphatic hydroxyl groups is 1. The highest BCUT2D eigenvalue weighted by Gasteiger charge is 2.37. The van der Waals surface area contributed by atoms with Gasteiger partial charge in [0.2, 0.25) is 0 Å². The second kappa shape index (κ2) is 7.35. The topological polar surface area (TPSA) is 81.7 Å². The molecule has 1 aliphatic rings. The van der Waals surface area contributed by atoms with Gasteiger partial charge in [0.05, 0.1) is 6.04 Å². The molecule has 2 rings (SSSR count). The summed E-state index contributed by atoms with van der Waals surface area (Å²) in [5.74, 6) is -0.976. The highest BCUT2D eigenvalue weighted by molar-refractivity contribution is 5.83. The van der Waals surface area contributed by atoms with Gasteiger partial charge in [0, 0.05) is 37.9 Å². The van der Waals surface area contributed by atoms with Crippen LogP contribution in [0.1, 0.15) is 43.7 Å². The van der Waals surface area contributed by atoms with Crippen molar-refractivity contribution in [2.24, 2.45) is 0 Å². The molecule has 2 heterocycles. The van der Waals surface area contributed by atoms with Crippen LogP contribution in [-0.4, -0.2) is 40.1 Å². The Morgan fingerprint density at radius 3 is 2.82 bits per heavy atom. The van der Waals surface area contributed by atoms with Gasteiger partial charge in [-0.3, -0.25) is 9.59 Å². The lowest BCUT2D eigenvalue weighted by molar-refractivity contribution is -0.697. The van der Waals surface area contributed by atoms with Crippen LogP contribution in [0.5, 0.6) is 0 Å². The zero-order valence-electron chi connectivity index (χ0n) is 12.8. The van der Waals surface area contributed by atoms with Crippen LogP contribution in [0.4, 0.5) is 0 Å². The lowest BCUT2D eigenvalue weighted by Gasteiger charge is -2.18. The third-order valence-corrected chi connectivity index (χ3v) is 4.12. The van der Waals surface area contributed by atoms with E-state index in [1.807, 2.05) is 24.5 Å². The SMILES string of the molecule is CN1C(=O)[C@H](O)C[C@H]1c1ccc[n+](CCCCCC(=O)O)c1. The summed E-state index contributed by atoms with van der Waals surface area (Å²) in [7, 11) is 1.71. The number of hydrogen-bond acceptors (Lipinski definition) is 3. The zero-order valence-corrected chi connectivity index (χ0v) is 12.8. The molecule has 1 amide bonds. The van der Waals surface area contributed by atoms with Crippen molar-refractivity contribution in [3.05, 3.63) is 30.1 Å². The first-order valence-electron chi connectivity index (χ1n) is 7.64. The van der Waals surface area contributed by atoms with Crippen LogP contribution in [0.3, 0.4) is 0 Å². The number of unbranched alkanes of at least 4 members (excludes halogenated alkanes) is 2. The first-order chi connectivity index (χ1) is 10.5. The molecule has 0 unspecified atom stereocenters. The van der Waals surface area contributed by atoms with Gasteiger partial charge >= 0.3 is 5.97 Å². The number of nitrogens with zero attached hydrogens (tertiary/aromatic N) is 2. The van der Waals surface area contributed by atoms with Crippen molar-refractivity contribution in [3.8, 4) is 0 Å². The molecule has 1 fully saturated rings. The number of likely N-dealkylation sites (tertiary alicyclic amines) is 1. The van der Waals surface area contributed by atoms with Crippen molar-refractivity contribution in [2.45, 2.75) is 50.8 Å². The van der Waals surface area contributed by atoms with Gasteiger partial charge in [-0.05, 0) is 18.9 Å². The summed E-state index contributed by atoms with van der Waals surface area (Å²) in [6.45, 7) is 0.820. The Balaban J connectivity index is 1.90. The minimum atomic E-state index is -0.903. The average Bonchev–Trinajstić information content (AvgIpc) is 2.74. The predicted octanol–water partition coefficient (Wildman–Crippen LogP) is 0.883. The number of carboxylic acid groups (broad SMARTS) is 1. The fraction of sp³-hybridized carbons (Fsp3) is 0.562. The van der Waals surface area contributed by atoms with Gasteiger partial charge in [0.25, 0.3) is 5.91 Å². The average molecular weight is 307 g/mol. The van der Waals surface area contributed by atoms with Crippen molar-refractivity contribution in [1.29, 1.82) is 0 Å². The molecule has 6 nitrogen and oxygen atoms in total. The van der Waals surface area contributed by atoms with E-state index in [0.717, 1.165) is 24.9 Å². The summed E-state index contributed by atoms with van der Waals surface area (Å²) < 4.78 is 2.05. The van der Waals surface area contributed by atoms with Crippen molar-refractivity contribution in [1.82, 2.24) is 4.90 Å². The van der Waals surface area contributed by atoms with Crippen molar-refractivity contribution in [3.63, 3.8) is 0 Å². The van der Waals surface area contributed by atoms with Gasteiger partial charge in [-0.25, -0.2) is 4.57 Å². The summed E-state index contributed by atoms with van der Waals surface area (Å²) >= 11 is 0. The van der Waals surface area contributed by atoms with Gasteiger partial charge < -0.3 is 15.1 Å². The molecule has 1 saturated heterocycles. The summed E-state index contributed by atoms with van der Waals surface area (Å²) in [5, 5.41) is 18.3. The lowest BCUT2D eigenvalue weighted by atomic mass is 10.1. The van der Waals surface area contributed by atoms with Crippen LogP contribution in [0.25, 0.3) is 0 Å². The van der Waals surface area contributed by atoms with E-state index < -0.39 is 12.1 Å². The number of carboxylic acids is 1. The van der Waals surface area contributed by atoms with Crippen molar-refractivity contribution >= 4 is 11.9 Å². The fourth-order valence-electron chi connectivity index (χ4n) is 2.84. The molecular weight excluding hydrogens is 284 g/mol. The number of carbonyl (C=O) groups excluding carboxylic acids is 1. The Morgan fingerprint density at radius 2 is 2.18 bits per heavy atom. The van der Waals surface area contributed by atoms with E-state index in [1.165, 1.54) is 0 Å². The van der Waals surface area contributed by atoms with E-state index in [4.69, 9.17) is 5.11 Å². The number of likely N-dealkylation sites (N-methyl/N-ethyl adjacent to an activating group) is 1. The molecule has 22 heavy (non-hydrogen) atoms. The number of amides is 1. The van der Waals surface area contributed by atoms with Crippen LogP contribution in [0.2, 0.25) is 0 Å². The summed E-state index contributed by atoms with van der Waals surface area (Å²) in [5.41, 5.74) is 1.01. The van der Waals surface area contributed by atoms with Gasteiger partial charge in [0.15, 0.2) is 12.4 Å². The van der Waals surface area contributed by atoms with E-state index >= 15 is 0 Å². The fourth-order valence-corrected chi connectivity index (χ4v) is 2.84. The number of aromatic nitrogens is 1. The summed E-state index contributed by atoms with van der Waals surface area (Å²) in [6, 6.07) is 3.82. The Labute approximate surface area is 130 Å². The van der Waals surface area contributed by atoms with Crippen molar-refractivity contribution in [2.75, 3.05) is 7.05 Å². The number of hydrogen-bond donors (Lipinski definition) is 2. The molecule has 2 atom stereocenters. The van der Waals surface area contributed by atoms with E-state index in [2.05, 4.69) is 4.57 Å². The molecule has 0 saturated carbocycles. The second-order valence-electron chi connectivity index (χ2n) is 5.80. The molecule has 6 heteroatoms. The molecule has 0 bridgehead atoms. The van der Waals surface area contributed by atoms with Gasteiger partial charge in [-0.1, -0.05) is 0 Å².